The van der Waals surface area contributed by atoms with Crippen molar-refractivity contribution in [2.24, 2.45) is 0 Å². The van der Waals surface area contributed by atoms with E-state index in [-0.39, 0.29) is 11.8 Å². The maximum Gasteiger partial charge on any atom is 0.250 e. The molecule has 2 heterocycles. The van der Waals surface area contributed by atoms with Crippen LogP contribution in [0.3, 0.4) is 0 Å². The molecule has 0 aliphatic carbocycles. The number of anilines is 2. The summed E-state index contributed by atoms with van der Waals surface area (Å²) in [6.07, 6.45) is 4.50. The maximum atomic E-state index is 12.1. The van der Waals surface area contributed by atoms with Gasteiger partial charge in [-0.05, 0) is 35.8 Å². The van der Waals surface area contributed by atoms with Crippen molar-refractivity contribution in [1.82, 2.24) is 4.98 Å². The average molecular weight is 375 g/mol. The molecule has 2 aromatic carbocycles. The Bertz CT molecular complexity index is 1020. The fourth-order valence-electron chi connectivity index (χ4n) is 2.89. The number of aromatic nitrogens is 1. The van der Waals surface area contributed by atoms with Gasteiger partial charge in [0.15, 0.2) is 5.13 Å². The van der Waals surface area contributed by atoms with E-state index in [4.69, 9.17) is 0 Å². The summed E-state index contributed by atoms with van der Waals surface area (Å²) < 4.78 is 0. The number of thiazole rings is 1. The maximum absolute atomic E-state index is 12.1. The van der Waals surface area contributed by atoms with Crippen molar-refractivity contribution in [2.75, 3.05) is 10.6 Å². The first-order valence-electron chi connectivity index (χ1n) is 8.60. The number of carbonyl (C=O) groups excluding carboxylic acids is 2. The van der Waals surface area contributed by atoms with Crippen LogP contribution in [0.1, 0.15) is 17.5 Å². The van der Waals surface area contributed by atoms with E-state index >= 15 is 0 Å². The molecule has 3 aromatic rings. The van der Waals surface area contributed by atoms with Crippen LogP contribution in [0.25, 0.3) is 17.3 Å². The van der Waals surface area contributed by atoms with Crippen LogP contribution in [0.15, 0.2) is 60.0 Å². The molecule has 0 unspecified atom stereocenters. The Balaban J connectivity index is 1.45. The molecule has 134 valence electrons. The van der Waals surface area contributed by atoms with Crippen molar-refractivity contribution in [3.63, 3.8) is 0 Å². The van der Waals surface area contributed by atoms with Gasteiger partial charge in [-0.25, -0.2) is 4.98 Å². The molecule has 1 aliphatic rings. The van der Waals surface area contributed by atoms with E-state index in [2.05, 4.69) is 15.6 Å². The highest BCUT2D eigenvalue weighted by Gasteiger charge is 2.16. The van der Waals surface area contributed by atoms with Crippen LogP contribution in [0.5, 0.6) is 0 Å². The summed E-state index contributed by atoms with van der Waals surface area (Å²) in [5.41, 5.74) is 4.72. The van der Waals surface area contributed by atoms with E-state index in [1.54, 1.807) is 6.08 Å². The molecular weight excluding hydrogens is 358 g/mol. The normalized spacial score (nSPS) is 13.3. The molecule has 5 nitrogen and oxygen atoms in total. The van der Waals surface area contributed by atoms with Crippen LogP contribution in [-0.4, -0.2) is 16.8 Å². The molecule has 1 aromatic heterocycles. The van der Waals surface area contributed by atoms with Gasteiger partial charge >= 0.3 is 0 Å². The second-order valence-electron chi connectivity index (χ2n) is 6.19. The van der Waals surface area contributed by atoms with Crippen LogP contribution in [0.2, 0.25) is 0 Å². The summed E-state index contributed by atoms with van der Waals surface area (Å²) in [7, 11) is 0. The largest absolute Gasteiger partial charge is 0.326 e. The highest BCUT2D eigenvalue weighted by molar-refractivity contribution is 7.14. The van der Waals surface area contributed by atoms with Gasteiger partial charge in [0.25, 0.3) is 0 Å². The van der Waals surface area contributed by atoms with Crippen LogP contribution >= 0.6 is 11.3 Å². The summed E-state index contributed by atoms with van der Waals surface area (Å²) in [6, 6.07) is 15.5. The average Bonchev–Trinajstić information content (AvgIpc) is 3.15. The van der Waals surface area contributed by atoms with Gasteiger partial charge in [0.1, 0.15) is 0 Å². The second-order valence-corrected chi connectivity index (χ2v) is 7.05. The number of aryl methyl sites for hydroxylation is 1. The van der Waals surface area contributed by atoms with E-state index < -0.39 is 0 Å². The smallest absolute Gasteiger partial charge is 0.250 e. The van der Waals surface area contributed by atoms with Crippen molar-refractivity contribution in [3.8, 4) is 11.3 Å². The lowest BCUT2D eigenvalue weighted by Crippen LogP contribution is -2.18. The Morgan fingerprint density at radius 2 is 2.00 bits per heavy atom. The number of carbonyl (C=O) groups is 2. The monoisotopic (exact) mass is 375 g/mol. The van der Waals surface area contributed by atoms with Crippen molar-refractivity contribution in [2.45, 2.75) is 12.8 Å². The van der Waals surface area contributed by atoms with Gasteiger partial charge in [0.2, 0.25) is 11.8 Å². The number of nitrogens with one attached hydrogen (secondary N) is 2. The molecular formula is C21H17N3O2S. The Hall–Kier alpha value is -3.25. The molecule has 0 spiro atoms. The van der Waals surface area contributed by atoms with Gasteiger partial charge in [0.05, 0.1) is 5.69 Å². The second kappa shape index (κ2) is 7.55. The molecule has 0 atom stereocenters. The number of hydrogen-bond acceptors (Lipinski definition) is 4. The molecule has 0 saturated heterocycles. The summed E-state index contributed by atoms with van der Waals surface area (Å²) in [4.78, 5) is 28.1. The van der Waals surface area contributed by atoms with Crippen LogP contribution in [0, 0.1) is 0 Å². The minimum Gasteiger partial charge on any atom is -0.326 e. The van der Waals surface area contributed by atoms with Gasteiger partial charge in [-0.2, -0.15) is 0 Å². The number of amides is 2. The third-order valence-corrected chi connectivity index (χ3v) is 5.02. The quantitative estimate of drug-likeness (QED) is 0.666. The third-order valence-electron chi connectivity index (χ3n) is 4.26. The van der Waals surface area contributed by atoms with Crippen molar-refractivity contribution in [3.05, 3.63) is 71.1 Å². The predicted octanol–water partition coefficient (Wildman–Crippen LogP) is 4.35. The highest BCUT2D eigenvalue weighted by atomic mass is 32.1. The summed E-state index contributed by atoms with van der Waals surface area (Å²) in [5.74, 6) is -0.162. The molecule has 27 heavy (non-hydrogen) atoms. The lowest BCUT2D eigenvalue weighted by molar-refractivity contribution is -0.116. The number of rotatable bonds is 4. The van der Waals surface area contributed by atoms with E-state index in [1.165, 1.54) is 17.4 Å². The molecule has 0 fully saturated rings. The molecule has 2 amide bonds. The molecule has 1 aliphatic heterocycles. The predicted molar refractivity (Wildman–Crippen MR) is 109 cm³/mol. The standard InChI is InChI=1S/C21H17N3O2S/c25-19-11-8-15-12-16(7-9-17(15)22-19)18-13-27-21(23-18)24-20(26)10-6-14-4-2-1-3-5-14/h1-7,9-10,12-13H,8,11H2,(H,22,25)(H,23,24,26)/b10-6+. The molecule has 0 bridgehead atoms. The van der Waals surface area contributed by atoms with Crippen LogP contribution < -0.4 is 10.6 Å². The fraction of sp³-hybridized carbons (Fsp3) is 0.0952. The van der Waals surface area contributed by atoms with Gasteiger partial charge in [0, 0.05) is 29.1 Å². The molecule has 4 rings (SSSR count). The van der Waals surface area contributed by atoms with Gasteiger partial charge in [-0.15, -0.1) is 11.3 Å². The first kappa shape index (κ1) is 17.2. The minimum absolute atomic E-state index is 0.0532. The highest BCUT2D eigenvalue weighted by Crippen LogP contribution is 2.30. The first-order chi connectivity index (χ1) is 13.2. The SMILES string of the molecule is O=C(/C=C/c1ccccc1)Nc1nc(-c2ccc3c(c2)CCC(=O)N3)cs1. The first-order valence-corrected chi connectivity index (χ1v) is 9.48. The van der Waals surface area contributed by atoms with Crippen LogP contribution in [0.4, 0.5) is 10.8 Å². The Labute approximate surface area is 160 Å². The van der Waals surface area contributed by atoms with Crippen LogP contribution in [-0.2, 0) is 16.0 Å². The fourth-order valence-corrected chi connectivity index (χ4v) is 3.61. The number of fused-ring (bicyclic) bond motifs is 1. The zero-order valence-electron chi connectivity index (χ0n) is 14.4. The minimum atomic E-state index is -0.215. The Kier molecular flexibility index (Phi) is 4.80. The number of benzene rings is 2. The van der Waals surface area contributed by atoms with Gasteiger partial charge in [-0.1, -0.05) is 36.4 Å². The molecule has 0 radical (unpaired) electrons. The molecule has 6 heteroatoms. The number of hydrogen-bond donors (Lipinski definition) is 2. The summed E-state index contributed by atoms with van der Waals surface area (Å²) in [5, 5.41) is 8.14. The zero-order chi connectivity index (χ0) is 18.6. The Morgan fingerprint density at radius 1 is 1.15 bits per heavy atom. The lowest BCUT2D eigenvalue weighted by Gasteiger charge is -2.17. The van der Waals surface area contributed by atoms with E-state index in [0.717, 1.165) is 34.5 Å². The Morgan fingerprint density at radius 3 is 2.85 bits per heavy atom. The zero-order valence-corrected chi connectivity index (χ0v) is 15.3. The van der Waals surface area contributed by atoms with E-state index in [9.17, 15) is 9.59 Å². The lowest BCUT2D eigenvalue weighted by atomic mass is 9.99. The third kappa shape index (κ3) is 4.12. The van der Waals surface area contributed by atoms with Gasteiger partial charge in [-0.3, -0.25) is 14.9 Å². The molecule has 2 N–H and O–H groups in total. The molecule has 0 saturated carbocycles. The van der Waals surface area contributed by atoms with E-state index in [0.29, 0.717) is 11.6 Å². The van der Waals surface area contributed by atoms with Crippen molar-refractivity contribution < 1.29 is 9.59 Å². The van der Waals surface area contributed by atoms with E-state index in [1.807, 2.05) is 53.9 Å². The van der Waals surface area contributed by atoms with Crippen molar-refractivity contribution in [1.29, 1.82) is 0 Å². The summed E-state index contributed by atoms with van der Waals surface area (Å²) in [6.45, 7) is 0. The van der Waals surface area contributed by atoms with Gasteiger partial charge < -0.3 is 5.32 Å². The topological polar surface area (TPSA) is 71.1 Å². The summed E-state index contributed by atoms with van der Waals surface area (Å²) >= 11 is 1.39. The van der Waals surface area contributed by atoms with Crippen molar-refractivity contribution >= 4 is 40.0 Å². The number of nitrogens with zero attached hydrogens (tertiary/aromatic N) is 1.